The average molecular weight is 107 g/mol. The molecule has 0 aliphatic heterocycles. The molecule has 0 unspecified atom stereocenters. The predicted octanol–water partition coefficient (Wildman–Crippen LogP) is 0.228. The zero-order valence-corrected chi connectivity index (χ0v) is 4.12. The molecule has 6 heavy (non-hydrogen) atoms. The van der Waals surface area contributed by atoms with Crippen LogP contribution in [-0.4, -0.2) is 12.3 Å². The molecule has 35 valence electrons. The molecule has 0 heterocycles. The second-order valence-electron chi connectivity index (χ2n) is 0.949. The van der Waals surface area contributed by atoms with Gasteiger partial charge in [-0.1, -0.05) is 0 Å². The van der Waals surface area contributed by atoms with Crippen molar-refractivity contribution in [3.8, 4) is 0 Å². The number of rotatable bonds is 2. The van der Waals surface area contributed by atoms with Crippen molar-refractivity contribution in [1.82, 2.24) is 4.84 Å². The summed E-state index contributed by atoms with van der Waals surface area (Å²) < 4.78 is 0. The Hall–Kier alpha value is -0.0800. The minimum atomic E-state index is -0.355. The molecular formula is C3H5ClNO. The molecular weight excluding hydrogens is 101 g/mol. The van der Waals surface area contributed by atoms with Crippen LogP contribution in [0.4, 0.5) is 0 Å². The van der Waals surface area contributed by atoms with Gasteiger partial charge in [-0.3, -0.25) is 4.79 Å². The highest BCUT2D eigenvalue weighted by atomic mass is 35.5. The first-order valence-corrected chi connectivity index (χ1v) is 1.93. The molecule has 0 aliphatic carbocycles. The lowest BCUT2D eigenvalue weighted by molar-refractivity contribution is 0.542. The summed E-state index contributed by atoms with van der Waals surface area (Å²) in [5.41, 5.74) is 0. The fraction of sp³-hybridized carbons (Fsp3) is 0.667. The topological polar surface area (TPSA) is 29.1 Å². The molecule has 0 rings (SSSR count). The van der Waals surface area contributed by atoms with Crippen LogP contribution >= 0.6 is 11.8 Å². The van der Waals surface area contributed by atoms with Crippen molar-refractivity contribution in [2.45, 2.75) is 13.0 Å². The molecule has 0 fully saturated rings. The third-order valence-corrected chi connectivity index (χ3v) is 0.668. The van der Waals surface area contributed by atoms with Crippen LogP contribution in [0.2, 0.25) is 0 Å². The molecule has 0 spiro atoms. The Bertz CT molecular complexity index is 48.1. The van der Waals surface area contributed by atoms with E-state index in [0.29, 0.717) is 0 Å². The average Bonchev–Trinajstić information content (AvgIpc) is 1.65. The van der Waals surface area contributed by atoms with Crippen molar-refractivity contribution in [2.75, 3.05) is 0 Å². The Labute approximate surface area is 41.6 Å². The van der Waals surface area contributed by atoms with Crippen LogP contribution in [-0.2, 0) is 4.79 Å². The molecule has 0 aromatic heterocycles. The normalized spacial score (nSPS) is 13.7. The molecule has 0 aromatic carbocycles. The van der Waals surface area contributed by atoms with Gasteiger partial charge >= 0.3 is 0 Å². The minimum absolute atomic E-state index is 0.355. The van der Waals surface area contributed by atoms with Gasteiger partial charge < -0.3 is 0 Å². The van der Waals surface area contributed by atoms with Crippen LogP contribution in [0.25, 0.3) is 0 Å². The second-order valence-corrected chi connectivity index (χ2v) is 1.17. The van der Waals surface area contributed by atoms with Gasteiger partial charge in [0.05, 0.1) is 6.04 Å². The molecule has 3 heteroatoms. The van der Waals surface area contributed by atoms with Crippen molar-refractivity contribution in [2.24, 2.45) is 0 Å². The summed E-state index contributed by atoms with van der Waals surface area (Å²) in [6.07, 6.45) is 1.62. The Kier molecular flexibility index (Phi) is 3.08. The van der Waals surface area contributed by atoms with E-state index in [9.17, 15) is 4.79 Å². The van der Waals surface area contributed by atoms with Crippen LogP contribution in [0.1, 0.15) is 6.92 Å². The van der Waals surface area contributed by atoms with Crippen molar-refractivity contribution in [3.05, 3.63) is 0 Å². The zero-order chi connectivity index (χ0) is 4.99. The van der Waals surface area contributed by atoms with Gasteiger partial charge in [0.15, 0.2) is 0 Å². The van der Waals surface area contributed by atoms with Gasteiger partial charge in [0.2, 0.25) is 6.29 Å². The quantitative estimate of drug-likeness (QED) is 0.511. The molecule has 1 radical (unpaired) electrons. The fourth-order valence-corrected chi connectivity index (χ4v) is 0.0668. The van der Waals surface area contributed by atoms with Gasteiger partial charge in [0.25, 0.3) is 0 Å². The molecule has 0 aromatic rings. The largest absolute Gasteiger partial charge is 0.289 e. The van der Waals surface area contributed by atoms with Crippen molar-refractivity contribution >= 4 is 18.1 Å². The summed E-state index contributed by atoms with van der Waals surface area (Å²) in [6, 6.07) is -0.355. The van der Waals surface area contributed by atoms with E-state index in [-0.39, 0.29) is 6.04 Å². The van der Waals surface area contributed by atoms with Gasteiger partial charge in [0.1, 0.15) is 0 Å². The lowest BCUT2D eigenvalue weighted by Crippen LogP contribution is -2.16. The monoisotopic (exact) mass is 106 g/mol. The summed E-state index contributed by atoms with van der Waals surface area (Å²) in [7, 11) is 0. The van der Waals surface area contributed by atoms with Crippen LogP contribution < -0.4 is 4.84 Å². The predicted molar refractivity (Wildman–Crippen MR) is 24.1 cm³/mol. The van der Waals surface area contributed by atoms with E-state index < -0.39 is 0 Å². The molecule has 0 saturated heterocycles. The van der Waals surface area contributed by atoms with Crippen molar-refractivity contribution in [1.29, 1.82) is 0 Å². The van der Waals surface area contributed by atoms with Crippen LogP contribution in [0.15, 0.2) is 0 Å². The Balaban J connectivity index is 2.96. The van der Waals surface area contributed by atoms with Crippen LogP contribution in [0.3, 0.4) is 0 Å². The number of carbonyl (C=O) groups excluding carboxylic acids is 1. The molecule has 1 atom stereocenters. The van der Waals surface area contributed by atoms with Gasteiger partial charge in [-0.05, 0) is 18.7 Å². The van der Waals surface area contributed by atoms with Gasteiger partial charge in [0, 0.05) is 0 Å². The van der Waals surface area contributed by atoms with E-state index in [1.807, 2.05) is 0 Å². The third kappa shape index (κ3) is 2.18. The second kappa shape index (κ2) is 3.12. The number of nitrogens with one attached hydrogen (secondary N) is 1. The molecule has 2 nitrogen and oxygen atoms in total. The van der Waals surface area contributed by atoms with E-state index in [0.717, 1.165) is 0 Å². The Morgan fingerprint density at radius 3 is 2.50 bits per heavy atom. The van der Waals surface area contributed by atoms with E-state index in [2.05, 4.69) is 4.84 Å². The molecule has 1 N–H and O–H groups in total. The molecule has 0 bridgehead atoms. The minimum Gasteiger partial charge on any atom is -0.289 e. The van der Waals surface area contributed by atoms with Crippen LogP contribution in [0.5, 0.6) is 0 Å². The zero-order valence-electron chi connectivity index (χ0n) is 3.36. The van der Waals surface area contributed by atoms with E-state index >= 15 is 0 Å². The molecule has 0 saturated carbocycles. The van der Waals surface area contributed by atoms with Gasteiger partial charge in [-0.25, -0.2) is 4.84 Å². The fourth-order valence-electron chi connectivity index (χ4n) is 0.0223. The van der Waals surface area contributed by atoms with Crippen molar-refractivity contribution < 1.29 is 4.79 Å². The standard InChI is InChI=1S/C3H5ClNO/c1-3(2-6)5-4/h3,5H,1H3/t3-/m0/s1. The third-order valence-electron chi connectivity index (χ3n) is 0.340. The first-order chi connectivity index (χ1) is 2.81. The highest BCUT2D eigenvalue weighted by Gasteiger charge is 1.91. The summed E-state index contributed by atoms with van der Waals surface area (Å²) in [5, 5.41) is 0. The maximum atomic E-state index is 9.46. The van der Waals surface area contributed by atoms with Crippen LogP contribution in [0, 0.1) is 0 Å². The first kappa shape index (κ1) is 5.92. The lowest BCUT2D eigenvalue weighted by Gasteiger charge is -1.89. The number of halogens is 1. The SMILES string of the molecule is C[C@@H]([C]=O)NCl. The summed E-state index contributed by atoms with van der Waals surface area (Å²) in [4.78, 5) is 11.6. The van der Waals surface area contributed by atoms with Crippen molar-refractivity contribution in [3.63, 3.8) is 0 Å². The molecule has 0 aliphatic rings. The summed E-state index contributed by atoms with van der Waals surface area (Å²) >= 11 is 4.94. The van der Waals surface area contributed by atoms with E-state index in [1.54, 1.807) is 13.2 Å². The van der Waals surface area contributed by atoms with E-state index in [4.69, 9.17) is 11.8 Å². The summed E-state index contributed by atoms with van der Waals surface area (Å²) in [5.74, 6) is 0. The highest BCUT2D eigenvalue weighted by molar-refractivity contribution is 6.14. The highest BCUT2D eigenvalue weighted by Crippen LogP contribution is 1.71. The lowest BCUT2D eigenvalue weighted by atomic mass is 10.4. The smallest absolute Gasteiger partial charge is 0.217 e. The maximum absolute atomic E-state index is 9.46. The first-order valence-electron chi connectivity index (χ1n) is 1.55. The van der Waals surface area contributed by atoms with Gasteiger partial charge in [-0.2, -0.15) is 0 Å². The van der Waals surface area contributed by atoms with E-state index in [1.165, 1.54) is 0 Å². The Morgan fingerprint density at radius 2 is 2.50 bits per heavy atom. The molecule has 0 amide bonds. The number of hydrogen-bond donors (Lipinski definition) is 1. The Morgan fingerprint density at radius 1 is 2.00 bits per heavy atom. The van der Waals surface area contributed by atoms with Gasteiger partial charge in [-0.15, -0.1) is 0 Å². The summed E-state index contributed by atoms with van der Waals surface area (Å²) in [6.45, 7) is 1.61. The maximum Gasteiger partial charge on any atom is 0.217 e. The number of hydrogen-bond acceptors (Lipinski definition) is 2.